The third-order valence-electron chi connectivity index (χ3n) is 2.65. The Hall–Kier alpha value is -0.550. The lowest BCUT2D eigenvalue weighted by molar-refractivity contribution is 0.893. The number of unbranched alkanes of at least 4 members (excludes halogenated alkanes) is 1. The Kier molecular flexibility index (Phi) is 5.11. The van der Waals surface area contributed by atoms with Crippen molar-refractivity contribution in [1.82, 2.24) is 0 Å². The van der Waals surface area contributed by atoms with Crippen molar-refractivity contribution < 1.29 is 0 Å². The summed E-state index contributed by atoms with van der Waals surface area (Å²) in [5.41, 5.74) is 1.29. The summed E-state index contributed by atoms with van der Waals surface area (Å²) in [4.78, 5) is 2.15. The number of rotatable bonds is 5. The topological polar surface area (TPSA) is 3.24 Å². The van der Waals surface area contributed by atoms with Gasteiger partial charge in [-0.3, -0.25) is 0 Å². The largest absolute Gasteiger partial charge is 0.378 e. The van der Waals surface area contributed by atoms with Crippen molar-refractivity contribution in [1.29, 1.82) is 0 Å². The fourth-order valence-corrected chi connectivity index (χ4v) is 3.24. The SMILES string of the molecule is CCCCP(C)c1ccc(N(C)C)cc1. The van der Waals surface area contributed by atoms with Gasteiger partial charge >= 0.3 is 0 Å². The van der Waals surface area contributed by atoms with E-state index in [4.69, 9.17) is 0 Å². The second-order valence-electron chi connectivity index (χ2n) is 4.19. The first-order chi connectivity index (χ1) is 7.15. The number of hydrogen-bond acceptors (Lipinski definition) is 1. The molecular weight excluding hydrogens is 201 g/mol. The van der Waals surface area contributed by atoms with Crippen LogP contribution in [0.15, 0.2) is 24.3 Å². The van der Waals surface area contributed by atoms with Crippen molar-refractivity contribution >= 4 is 18.9 Å². The predicted octanol–water partition coefficient (Wildman–Crippen LogP) is 3.29. The maximum atomic E-state index is 2.38. The molecule has 0 aliphatic heterocycles. The highest BCUT2D eigenvalue weighted by Gasteiger charge is 2.04. The highest BCUT2D eigenvalue weighted by molar-refractivity contribution is 7.64. The van der Waals surface area contributed by atoms with E-state index in [9.17, 15) is 0 Å². The van der Waals surface area contributed by atoms with E-state index < -0.39 is 0 Å². The fraction of sp³-hybridized carbons (Fsp3) is 0.538. The molecule has 1 unspecified atom stereocenters. The average molecular weight is 223 g/mol. The van der Waals surface area contributed by atoms with Crippen molar-refractivity contribution in [3.63, 3.8) is 0 Å². The van der Waals surface area contributed by atoms with E-state index in [-0.39, 0.29) is 7.92 Å². The number of nitrogens with zero attached hydrogens (tertiary/aromatic N) is 1. The zero-order chi connectivity index (χ0) is 11.3. The Labute approximate surface area is 95.2 Å². The molecule has 0 saturated carbocycles. The van der Waals surface area contributed by atoms with Gasteiger partial charge in [-0.15, -0.1) is 0 Å². The first kappa shape index (κ1) is 12.5. The molecule has 0 N–H and O–H groups in total. The lowest BCUT2D eigenvalue weighted by atomic mass is 10.3. The van der Waals surface area contributed by atoms with Crippen LogP contribution >= 0.6 is 7.92 Å². The van der Waals surface area contributed by atoms with Crippen LogP contribution in [0.25, 0.3) is 0 Å². The molecule has 1 aromatic carbocycles. The van der Waals surface area contributed by atoms with E-state index in [0.29, 0.717) is 0 Å². The quantitative estimate of drug-likeness (QED) is 0.692. The summed E-state index contributed by atoms with van der Waals surface area (Å²) in [6, 6.07) is 9.02. The van der Waals surface area contributed by atoms with Crippen LogP contribution in [0.1, 0.15) is 19.8 Å². The van der Waals surface area contributed by atoms with E-state index in [1.807, 2.05) is 0 Å². The molecule has 1 nitrogen and oxygen atoms in total. The van der Waals surface area contributed by atoms with Gasteiger partial charge in [0.25, 0.3) is 0 Å². The molecule has 0 heterocycles. The summed E-state index contributed by atoms with van der Waals surface area (Å²) in [6.45, 7) is 4.65. The smallest absolute Gasteiger partial charge is 0.0361 e. The van der Waals surface area contributed by atoms with Gasteiger partial charge in [0.1, 0.15) is 0 Å². The minimum absolute atomic E-state index is 0.0683. The van der Waals surface area contributed by atoms with Gasteiger partial charge in [-0.2, -0.15) is 0 Å². The first-order valence-corrected chi connectivity index (χ1v) is 7.61. The van der Waals surface area contributed by atoms with Crippen molar-refractivity contribution in [2.24, 2.45) is 0 Å². The molecule has 0 aliphatic rings. The molecule has 0 saturated heterocycles. The van der Waals surface area contributed by atoms with Crippen LogP contribution in [0.2, 0.25) is 0 Å². The first-order valence-electron chi connectivity index (χ1n) is 5.63. The molecule has 2 heteroatoms. The Bertz CT molecular complexity index is 279. The fourth-order valence-electron chi connectivity index (χ4n) is 1.53. The number of benzene rings is 1. The van der Waals surface area contributed by atoms with Gasteiger partial charge in [0.2, 0.25) is 0 Å². The molecule has 84 valence electrons. The molecule has 1 aromatic rings. The Morgan fingerprint density at radius 1 is 1.13 bits per heavy atom. The normalized spacial score (nSPS) is 12.5. The second kappa shape index (κ2) is 6.12. The van der Waals surface area contributed by atoms with Crippen LogP contribution in [0, 0.1) is 0 Å². The average Bonchev–Trinajstić information content (AvgIpc) is 2.26. The summed E-state index contributed by atoms with van der Waals surface area (Å²) in [5.74, 6) is 0. The monoisotopic (exact) mass is 223 g/mol. The van der Waals surface area contributed by atoms with Gasteiger partial charge in [0, 0.05) is 19.8 Å². The highest BCUT2D eigenvalue weighted by Crippen LogP contribution is 2.31. The molecule has 0 aliphatic carbocycles. The maximum Gasteiger partial charge on any atom is 0.0361 e. The van der Waals surface area contributed by atoms with E-state index in [1.54, 1.807) is 0 Å². The molecular formula is C13H22NP. The summed E-state index contributed by atoms with van der Waals surface area (Å²) < 4.78 is 0. The summed E-state index contributed by atoms with van der Waals surface area (Å²) in [5, 5.41) is 1.53. The molecule has 0 spiro atoms. The Morgan fingerprint density at radius 2 is 1.73 bits per heavy atom. The molecule has 1 rings (SSSR count). The van der Waals surface area contributed by atoms with Crippen LogP contribution in [0.5, 0.6) is 0 Å². The standard InChI is InChI=1S/C13H22NP/c1-5-6-11-15(4)13-9-7-12(8-10-13)14(2)3/h7-10H,5-6,11H2,1-4H3. The van der Waals surface area contributed by atoms with Crippen LogP contribution in [0.4, 0.5) is 5.69 Å². The Morgan fingerprint density at radius 3 is 2.20 bits per heavy atom. The number of hydrogen-bond donors (Lipinski definition) is 0. The zero-order valence-corrected chi connectivity index (χ0v) is 11.2. The Balaban J connectivity index is 2.62. The van der Waals surface area contributed by atoms with E-state index in [0.717, 1.165) is 0 Å². The number of anilines is 1. The van der Waals surface area contributed by atoms with Crippen molar-refractivity contribution in [2.45, 2.75) is 19.8 Å². The van der Waals surface area contributed by atoms with Crippen LogP contribution in [0.3, 0.4) is 0 Å². The van der Waals surface area contributed by atoms with Gasteiger partial charge in [0.15, 0.2) is 0 Å². The van der Waals surface area contributed by atoms with Crippen molar-refractivity contribution in [3.05, 3.63) is 24.3 Å². The van der Waals surface area contributed by atoms with E-state index in [1.165, 1.54) is 30.0 Å². The molecule has 0 radical (unpaired) electrons. The molecule has 0 bridgehead atoms. The highest BCUT2D eigenvalue weighted by atomic mass is 31.1. The minimum Gasteiger partial charge on any atom is -0.378 e. The van der Waals surface area contributed by atoms with Gasteiger partial charge < -0.3 is 4.90 Å². The minimum atomic E-state index is 0.0683. The van der Waals surface area contributed by atoms with Crippen LogP contribution in [-0.4, -0.2) is 26.9 Å². The van der Waals surface area contributed by atoms with Crippen LogP contribution in [-0.2, 0) is 0 Å². The second-order valence-corrected chi connectivity index (χ2v) is 6.55. The molecule has 1 atom stereocenters. The summed E-state index contributed by atoms with van der Waals surface area (Å²) in [7, 11) is 4.24. The molecule has 0 amide bonds. The summed E-state index contributed by atoms with van der Waals surface area (Å²) in [6.07, 6.45) is 4.03. The van der Waals surface area contributed by atoms with Crippen molar-refractivity contribution in [2.75, 3.05) is 31.8 Å². The lowest BCUT2D eigenvalue weighted by Crippen LogP contribution is -2.10. The lowest BCUT2D eigenvalue weighted by Gasteiger charge is -2.15. The summed E-state index contributed by atoms with van der Waals surface area (Å²) >= 11 is 0. The van der Waals surface area contributed by atoms with Gasteiger partial charge in [0.05, 0.1) is 0 Å². The van der Waals surface area contributed by atoms with Gasteiger partial charge in [-0.1, -0.05) is 33.4 Å². The third-order valence-corrected chi connectivity index (χ3v) is 4.82. The predicted molar refractivity (Wildman–Crippen MR) is 73.0 cm³/mol. The van der Waals surface area contributed by atoms with Gasteiger partial charge in [-0.25, -0.2) is 0 Å². The molecule has 0 fully saturated rings. The van der Waals surface area contributed by atoms with E-state index >= 15 is 0 Å². The van der Waals surface area contributed by atoms with E-state index in [2.05, 4.69) is 56.8 Å². The zero-order valence-electron chi connectivity index (χ0n) is 10.3. The maximum absolute atomic E-state index is 2.38. The molecule has 15 heavy (non-hydrogen) atoms. The van der Waals surface area contributed by atoms with Gasteiger partial charge in [-0.05, 0) is 36.7 Å². The third kappa shape index (κ3) is 3.83. The van der Waals surface area contributed by atoms with Crippen molar-refractivity contribution in [3.8, 4) is 0 Å². The van der Waals surface area contributed by atoms with Crippen LogP contribution < -0.4 is 10.2 Å². The molecule has 0 aromatic heterocycles.